The standard InChI is InChI=1S/C21H14Br2F7NO/c22-16-6-2-10(8-17(16)23)14(20(25,26)27)9-18(24)11-1-5-13(15(7-11)21(28,29)30)19(32)31-12-3-4-12/h1-2,5-9,12,14H,3-4H2,(H,31,32). The highest BCUT2D eigenvalue weighted by molar-refractivity contribution is 9.13. The van der Waals surface area contributed by atoms with E-state index in [1.807, 2.05) is 0 Å². The number of carbonyl (C=O) groups is 1. The molecule has 1 aliphatic rings. The van der Waals surface area contributed by atoms with Crippen LogP contribution in [-0.2, 0) is 6.18 Å². The van der Waals surface area contributed by atoms with Gasteiger partial charge >= 0.3 is 12.4 Å². The second-order valence-electron chi connectivity index (χ2n) is 7.21. The van der Waals surface area contributed by atoms with Crippen LogP contribution in [0.2, 0.25) is 0 Å². The van der Waals surface area contributed by atoms with Gasteiger partial charge in [0.1, 0.15) is 11.7 Å². The third-order valence-corrected chi connectivity index (χ3v) is 6.61. The molecule has 1 atom stereocenters. The predicted molar refractivity (Wildman–Crippen MR) is 112 cm³/mol. The summed E-state index contributed by atoms with van der Waals surface area (Å²) in [5, 5.41) is 2.41. The van der Waals surface area contributed by atoms with Crippen molar-refractivity contribution in [3.63, 3.8) is 0 Å². The summed E-state index contributed by atoms with van der Waals surface area (Å²) in [6.45, 7) is 0. The summed E-state index contributed by atoms with van der Waals surface area (Å²) in [7, 11) is 0. The van der Waals surface area contributed by atoms with E-state index in [1.54, 1.807) is 0 Å². The number of nitrogens with one attached hydrogen (secondary N) is 1. The fourth-order valence-corrected chi connectivity index (χ4v) is 3.59. The van der Waals surface area contributed by atoms with E-state index in [1.165, 1.54) is 6.07 Å². The molecule has 0 heterocycles. The maximum Gasteiger partial charge on any atom is 0.417 e. The van der Waals surface area contributed by atoms with E-state index in [0.29, 0.717) is 27.9 Å². The molecular formula is C21H14Br2F7NO. The summed E-state index contributed by atoms with van der Waals surface area (Å²) in [5.74, 6) is -4.87. The lowest BCUT2D eigenvalue weighted by molar-refractivity contribution is -0.140. The van der Waals surface area contributed by atoms with Crippen LogP contribution in [0.1, 0.15) is 45.8 Å². The zero-order valence-corrected chi connectivity index (χ0v) is 19.1. The Labute approximate surface area is 195 Å². The van der Waals surface area contributed by atoms with E-state index >= 15 is 0 Å². The molecule has 1 N–H and O–H groups in total. The summed E-state index contributed by atoms with van der Waals surface area (Å²) in [4.78, 5) is 12.1. The van der Waals surface area contributed by atoms with Crippen LogP contribution in [0, 0.1) is 0 Å². The lowest BCUT2D eigenvalue weighted by Crippen LogP contribution is -2.28. The number of carbonyl (C=O) groups excluding carboxylic acids is 1. The Balaban J connectivity index is 2.02. The van der Waals surface area contributed by atoms with Crippen molar-refractivity contribution in [1.82, 2.24) is 5.32 Å². The topological polar surface area (TPSA) is 29.1 Å². The van der Waals surface area contributed by atoms with E-state index in [0.717, 1.165) is 24.3 Å². The number of benzene rings is 2. The molecule has 2 aromatic carbocycles. The Hall–Kier alpha value is -1.88. The van der Waals surface area contributed by atoms with Gasteiger partial charge in [-0.05, 0) is 80.6 Å². The van der Waals surface area contributed by atoms with Gasteiger partial charge < -0.3 is 5.32 Å². The molecule has 1 fully saturated rings. The van der Waals surface area contributed by atoms with E-state index < -0.39 is 46.7 Å². The summed E-state index contributed by atoms with van der Waals surface area (Å²) < 4.78 is 96.8. The number of allylic oxidation sites excluding steroid dienone is 1. The normalized spacial score (nSPS) is 16.1. The molecule has 172 valence electrons. The van der Waals surface area contributed by atoms with Crippen LogP contribution in [0.15, 0.2) is 51.4 Å². The van der Waals surface area contributed by atoms with Gasteiger partial charge in [0.15, 0.2) is 0 Å². The van der Waals surface area contributed by atoms with Gasteiger partial charge in [-0.3, -0.25) is 4.79 Å². The SMILES string of the molecule is O=C(NC1CC1)c1ccc(C(F)=CC(c2ccc(Br)c(Br)c2)C(F)(F)F)cc1C(F)(F)F. The first-order chi connectivity index (χ1) is 14.8. The van der Waals surface area contributed by atoms with Crippen LogP contribution in [0.25, 0.3) is 5.83 Å². The first kappa shape index (κ1) is 24.8. The van der Waals surface area contributed by atoms with Gasteiger partial charge in [-0.15, -0.1) is 0 Å². The third-order valence-electron chi connectivity index (χ3n) is 4.73. The van der Waals surface area contributed by atoms with Crippen molar-refractivity contribution in [1.29, 1.82) is 0 Å². The number of alkyl halides is 6. The van der Waals surface area contributed by atoms with Crippen molar-refractivity contribution >= 4 is 43.6 Å². The van der Waals surface area contributed by atoms with Crippen LogP contribution < -0.4 is 5.32 Å². The molecule has 1 amide bonds. The highest BCUT2D eigenvalue weighted by atomic mass is 79.9. The average Bonchev–Trinajstić information content (AvgIpc) is 3.50. The Kier molecular flexibility index (Phi) is 7.09. The van der Waals surface area contributed by atoms with Crippen LogP contribution in [0.4, 0.5) is 30.7 Å². The molecule has 3 rings (SSSR count). The smallest absolute Gasteiger partial charge is 0.349 e. The van der Waals surface area contributed by atoms with Gasteiger partial charge in [0.05, 0.1) is 11.1 Å². The quantitative estimate of drug-likeness (QED) is 0.355. The monoisotopic (exact) mass is 587 g/mol. The van der Waals surface area contributed by atoms with Crippen molar-refractivity contribution in [2.75, 3.05) is 0 Å². The zero-order chi connectivity index (χ0) is 23.8. The number of hydrogen-bond acceptors (Lipinski definition) is 1. The Morgan fingerprint density at radius 3 is 2.19 bits per heavy atom. The average molecular weight is 589 g/mol. The molecule has 32 heavy (non-hydrogen) atoms. The summed E-state index contributed by atoms with van der Waals surface area (Å²) >= 11 is 6.20. The zero-order valence-electron chi connectivity index (χ0n) is 15.9. The molecule has 0 bridgehead atoms. The van der Waals surface area contributed by atoms with Crippen LogP contribution >= 0.6 is 31.9 Å². The minimum atomic E-state index is -5.01. The minimum Gasteiger partial charge on any atom is -0.349 e. The van der Waals surface area contributed by atoms with Crippen molar-refractivity contribution in [2.24, 2.45) is 0 Å². The predicted octanol–water partition coefficient (Wildman–Crippen LogP) is 7.78. The first-order valence-electron chi connectivity index (χ1n) is 9.19. The van der Waals surface area contributed by atoms with Crippen molar-refractivity contribution in [3.8, 4) is 0 Å². The van der Waals surface area contributed by atoms with E-state index in [9.17, 15) is 35.5 Å². The van der Waals surface area contributed by atoms with Crippen LogP contribution in [-0.4, -0.2) is 18.1 Å². The number of rotatable bonds is 5. The molecule has 0 saturated heterocycles. The van der Waals surface area contributed by atoms with Gasteiger partial charge in [-0.2, -0.15) is 26.3 Å². The number of halogens is 9. The van der Waals surface area contributed by atoms with E-state index in [4.69, 9.17) is 0 Å². The second kappa shape index (κ2) is 9.17. The van der Waals surface area contributed by atoms with Crippen molar-refractivity contribution in [2.45, 2.75) is 37.2 Å². The Morgan fingerprint density at radius 2 is 1.66 bits per heavy atom. The maximum absolute atomic E-state index is 14.8. The largest absolute Gasteiger partial charge is 0.417 e. The number of amides is 1. The number of hydrogen-bond donors (Lipinski definition) is 1. The molecule has 0 aromatic heterocycles. The molecule has 1 saturated carbocycles. The molecule has 2 aromatic rings. The van der Waals surface area contributed by atoms with Gasteiger partial charge in [0.2, 0.25) is 0 Å². The third kappa shape index (κ3) is 5.92. The highest BCUT2D eigenvalue weighted by Crippen LogP contribution is 2.41. The van der Waals surface area contributed by atoms with E-state index in [-0.39, 0.29) is 17.7 Å². The van der Waals surface area contributed by atoms with Crippen molar-refractivity contribution < 1.29 is 35.5 Å². The lowest BCUT2D eigenvalue weighted by atomic mass is 9.95. The fourth-order valence-electron chi connectivity index (χ4n) is 2.94. The molecule has 1 aliphatic carbocycles. The molecule has 11 heteroatoms. The minimum absolute atomic E-state index is 0.210. The lowest BCUT2D eigenvalue weighted by Gasteiger charge is -2.19. The summed E-state index contributed by atoms with van der Waals surface area (Å²) in [5.41, 5.74) is -3.17. The first-order valence-corrected chi connectivity index (χ1v) is 10.8. The Bertz CT molecular complexity index is 1060. The molecule has 0 spiro atoms. The van der Waals surface area contributed by atoms with Crippen molar-refractivity contribution in [3.05, 3.63) is 73.7 Å². The van der Waals surface area contributed by atoms with Gasteiger partial charge in [0, 0.05) is 20.6 Å². The molecule has 2 nitrogen and oxygen atoms in total. The van der Waals surface area contributed by atoms with Gasteiger partial charge in [-0.25, -0.2) is 4.39 Å². The molecule has 0 aliphatic heterocycles. The van der Waals surface area contributed by atoms with Gasteiger partial charge in [-0.1, -0.05) is 12.1 Å². The highest BCUT2D eigenvalue weighted by Gasteiger charge is 2.41. The van der Waals surface area contributed by atoms with Crippen LogP contribution in [0.3, 0.4) is 0 Å². The fraction of sp³-hybridized carbons (Fsp3) is 0.286. The van der Waals surface area contributed by atoms with E-state index in [2.05, 4.69) is 37.2 Å². The Morgan fingerprint density at radius 1 is 1.00 bits per heavy atom. The summed E-state index contributed by atoms with van der Waals surface area (Å²) in [6, 6.07) is 5.35. The summed E-state index contributed by atoms with van der Waals surface area (Å²) in [6.07, 6.45) is -8.40. The van der Waals surface area contributed by atoms with Crippen LogP contribution in [0.5, 0.6) is 0 Å². The molecular weight excluding hydrogens is 575 g/mol. The maximum atomic E-state index is 14.8. The molecule has 0 radical (unpaired) electrons. The molecule has 1 unspecified atom stereocenters. The van der Waals surface area contributed by atoms with Gasteiger partial charge in [0.25, 0.3) is 5.91 Å². The second-order valence-corrected chi connectivity index (χ2v) is 8.92.